The van der Waals surface area contributed by atoms with Crippen molar-refractivity contribution in [2.24, 2.45) is 0 Å². The molecule has 1 aromatic carbocycles. The molecule has 0 fully saturated rings. The Kier molecular flexibility index (Phi) is 4.03. The number of ketones is 1. The lowest BCUT2D eigenvalue weighted by atomic mass is 10.1. The summed E-state index contributed by atoms with van der Waals surface area (Å²) in [7, 11) is 3.13. The first kappa shape index (κ1) is 11.9. The predicted octanol–water partition coefficient (Wildman–Crippen LogP) is 2.63. The highest BCUT2D eigenvalue weighted by molar-refractivity contribution is 7.98. The van der Waals surface area contributed by atoms with Crippen molar-refractivity contribution < 1.29 is 14.3 Å². The topological polar surface area (TPSA) is 35.5 Å². The largest absolute Gasteiger partial charge is 0.493 e. The number of hydrogen-bond donors (Lipinski definition) is 0. The molecule has 1 aromatic rings. The van der Waals surface area contributed by atoms with Crippen molar-refractivity contribution in [1.82, 2.24) is 0 Å². The molecule has 82 valence electrons. The van der Waals surface area contributed by atoms with Crippen LogP contribution in [-0.2, 0) is 0 Å². The standard InChI is InChI=1S/C11H14O3S/c1-7(12)8-5-9(13-2)10(14-3)6-11(8)15-4/h5-6H,1-4H3. The molecular weight excluding hydrogens is 212 g/mol. The maximum Gasteiger partial charge on any atom is 0.161 e. The summed E-state index contributed by atoms with van der Waals surface area (Å²) in [6.07, 6.45) is 1.92. The number of benzene rings is 1. The first-order valence-corrected chi connectivity index (χ1v) is 5.67. The second-order valence-corrected chi connectivity index (χ2v) is 3.81. The Morgan fingerprint density at radius 3 is 2.13 bits per heavy atom. The van der Waals surface area contributed by atoms with Gasteiger partial charge in [0.2, 0.25) is 0 Å². The first-order chi connectivity index (χ1) is 7.13. The number of ether oxygens (including phenoxy) is 2. The van der Waals surface area contributed by atoms with Crippen LogP contribution in [0.25, 0.3) is 0 Å². The van der Waals surface area contributed by atoms with E-state index in [1.807, 2.05) is 12.3 Å². The maximum atomic E-state index is 11.4. The molecule has 0 heterocycles. The molecule has 0 saturated heterocycles. The van der Waals surface area contributed by atoms with Gasteiger partial charge in [-0.15, -0.1) is 11.8 Å². The summed E-state index contributed by atoms with van der Waals surface area (Å²) < 4.78 is 10.3. The van der Waals surface area contributed by atoms with Crippen LogP contribution in [-0.4, -0.2) is 26.3 Å². The molecule has 0 aliphatic heterocycles. The number of carbonyl (C=O) groups excluding carboxylic acids is 1. The Hall–Kier alpha value is -1.16. The summed E-state index contributed by atoms with van der Waals surface area (Å²) in [6, 6.07) is 3.53. The van der Waals surface area contributed by atoms with E-state index in [4.69, 9.17) is 9.47 Å². The van der Waals surface area contributed by atoms with Crippen LogP contribution in [0.2, 0.25) is 0 Å². The van der Waals surface area contributed by atoms with Gasteiger partial charge < -0.3 is 9.47 Å². The molecule has 0 spiro atoms. The van der Waals surface area contributed by atoms with Gasteiger partial charge in [-0.1, -0.05) is 0 Å². The van der Waals surface area contributed by atoms with Crippen LogP contribution in [0, 0.1) is 0 Å². The molecule has 0 radical (unpaired) electrons. The Morgan fingerprint density at radius 1 is 1.20 bits per heavy atom. The van der Waals surface area contributed by atoms with Gasteiger partial charge in [0, 0.05) is 10.5 Å². The molecule has 0 aromatic heterocycles. The van der Waals surface area contributed by atoms with Gasteiger partial charge in [0.05, 0.1) is 14.2 Å². The van der Waals surface area contributed by atoms with Crippen LogP contribution in [0.1, 0.15) is 17.3 Å². The fourth-order valence-electron chi connectivity index (χ4n) is 1.30. The second kappa shape index (κ2) is 5.07. The van der Waals surface area contributed by atoms with E-state index in [1.54, 1.807) is 27.2 Å². The van der Waals surface area contributed by atoms with Gasteiger partial charge in [-0.2, -0.15) is 0 Å². The fourth-order valence-corrected chi connectivity index (χ4v) is 1.95. The highest BCUT2D eigenvalue weighted by atomic mass is 32.2. The van der Waals surface area contributed by atoms with Gasteiger partial charge in [-0.25, -0.2) is 0 Å². The van der Waals surface area contributed by atoms with E-state index in [9.17, 15) is 4.79 Å². The van der Waals surface area contributed by atoms with E-state index >= 15 is 0 Å². The predicted molar refractivity (Wildman–Crippen MR) is 61.3 cm³/mol. The lowest BCUT2D eigenvalue weighted by molar-refractivity contribution is 0.101. The quantitative estimate of drug-likeness (QED) is 0.584. The van der Waals surface area contributed by atoms with Crippen molar-refractivity contribution in [3.63, 3.8) is 0 Å². The van der Waals surface area contributed by atoms with Gasteiger partial charge in [-0.3, -0.25) is 4.79 Å². The summed E-state index contributed by atoms with van der Waals surface area (Å²) in [5, 5.41) is 0. The van der Waals surface area contributed by atoms with Crippen molar-refractivity contribution in [2.45, 2.75) is 11.8 Å². The van der Waals surface area contributed by atoms with Crippen molar-refractivity contribution in [2.75, 3.05) is 20.5 Å². The molecule has 0 aliphatic carbocycles. The van der Waals surface area contributed by atoms with E-state index in [1.165, 1.54) is 11.8 Å². The average molecular weight is 226 g/mol. The SMILES string of the molecule is COc1cc(SC)c(C(C)=O)cc1OC. The van der Waals surface area contributed by atoms with Crippen LogP contribution in [0.3, 0.4) is 0 Å². The van der Waals surface area contributed by atoms with Crippen molar-refractivity contribution in [3.8, 4) is 11.5 Å². The van der Waals surface area contributed by atoms with Gasteiger partial charge in [0.15, 0.2) is 17.3 Å². The molecule has 3 nitrogen and oxygen atoms in total. The zero-order chi connectivity index (χ0) is 11.4. The normalized spacial score (nSPS) is 9.87. The third kappa shape index (κ3) is 2.45. The van der Waals surface area contributed by atoms with Gasteiger partial charge >= 0.3 is 0 Å². The van der Waals surface area contributed by atoms with Gasteiger partial charge in [-0.05, 0) is 25.3 Å². The van der Waals surface area contributed by atoms with E-state index in [0.29, 0.717) is 17.1 Å². The van der Waals surface area contributed by atoms with E-state index in [2.05, 4.69) is 0 Å². The van der Waals surface area contributed by atoms with Crippen molar-refractivity contribution >= 4 is 17.5 Å². The Bertz CT molecular complexity index is 374. The third-order valence-corrected chi connectivity index (χ3v) is 2.86. The number of hydrogen-bond acceptors (Lipinski definition) is 4. The number of rotatable bonds is 4. The molecule has 0 unspecified atom stereocenters. The number of carbonyl (C=O) groups is 1. The minimum atomic E-state index is 0.0281. The Morgan fingerprint density at radius 2 is 1.73 bits per heavy atom. The maximum absolute atomic E-state index is 11.4. The zero-order valence-corrected chi connectivity index (χ0v) is 10.1. The molecule has 4 heteroatoms. The summed E-state index contributed by atoms with van der Waals surface area (Å²) in [6.45, 7) is 1.54. The minimum Gasteiger partial charge on any atom is -0.493 e. The Labute approximate surface area is 93.8 Å². The van der Waals surface area contributed by atoms with Crippen molar-refractivity contribution in [3.05, 3.63) is 17.7 Å². The monoisotopic (exact) mass is 226 g/mol. The van der Waals surface area contributed by atoms with Crippen LogP contribution < -0.4 is 9.47 Å². The third-order valence-electron chi connectivity index (χ3n) is 2.08. The molecule has 0 aliphatic rings. The van der Waals surface area contributed by atoms with Crippen molar-refractivity contribution in [1.29, 1.82) is 0 Å². The van der Waals surface area contributed by atoms with E-state index in [-0.39, 0.29) is 5.78 Å². The average Bonchev–Trinajstić information content (AvgIpc) is 2.26. The summed E-state index contributed by atoms with van der Waals surface area (Å²) in [5.41, 5.74) is 0.667. The van der Waals surface area contributed by atoms with Crippen LogP contribution in [0.15, 0.2) is 17.0 Å². The van der Waals surface area contributed by atoms with Crippen LogP contribution in [0.4, 0.5) is 0 Å². The summed E-state index contributed by atoms with van der Waals surface area (Å²) >= 11 is 1.52. The van der Waals surface area contributed by atoms with Gasteiger partial charge in [0.25, 0.3) is 0 Å². The lowest BCUT2D eigenvalue weighted by Gasteiger charge is -2.11. The molecule has 0 atom stereocenters. The molecular formula is C11H14O3S. The highest BCUT2D eigenvalue weighted by Crippen LogP contribution is 2.34. The fraction of sp³-hybridized carbons (Fsp3) is 0.364. The molecule has 0 bridgehead atoms. The number of methoxy groups -OCH3 is 2. The zero-order valence-electron chi connectivity index (χ0n) is 9.29. The first-order valence-electron chi connectivity index (χ1n) is 4.45. The molecule has 0 amide bonds. The van der Waals surface area contributed by atoms with Crippen LogP contribution >= 0.6 is 11.8 Å². The van der Waals surface area contributed by atoms with E-state index in [0.717, 1.165) is 4.90 Å². The summed E-state index contributed by atoms with van der Waals surface area (Å²) in [4.78, 5) is 12.3. The Balaban J connectivity index is 3.34. The number of thioether (sulfide) groups is 1. The van der Waals surface area contributed by atoms with E-state index < -0.39 is 0 Å². The highest BCUT2D eigenvalue weighted by Gasteiger charge is 2.13. The number of Topliss-reactive ketones (excluding diaryl/α,β-unsaturated/α-hetero) is 1. The minimum absolute atomic E-state index is 0.0281. The summed E-state index contributed by atoms with van der Waals surface area (Å²) in [5.74, 6) is 1.26. The van der Waals surface area contributed by atoms with Gasteiger partial charge in [0.1, 0.15) is 0 Å². The lowest BCUT2D eigenvalue weighted by Crippen LogP contribution is -1.98. The second-order valence-electron chi connectivity index (χ2n) is 2.96. The smallest absolute Gasteiger partial charge is 0.161 e. The molecule has 1 rings (SSSR count). The molecule has 15 heavy (non-hydrogen) atoms. The van der Waals surface area contributed by atoms with Crippen LogP contribution in [0.5, 0.6) is 11.5 Å². The molecule has 0 saturated carbocycles. The molecule has 0 N–H and O–H groups in total.